The van der Waals surface area contributed by atoms with Crippen molar-refractivity contribution in [3.8, 4) is 0 Å². The Hall–Kier alpha value is -2.63. The molecule has 23 aliphatic rings. The van der Waals surface area contributed by atoms with E-state index in [1.54, 1.807) is 0 Å². The molecule has 36 heteroatoms. The Kier molecular flexibility index (Phi) is 21.5. The number of fused-ring (bicyclic) bond motifs is 1. The van der Waals surface area contributed by atoms with Crippen LogP contribution >= 0.6 is 0 Å². The number of rotatable bonds is 10. The molecule has 1 aromatic rings. The van der Waals surface area contributed by atoms with Crippen LogP contribution in [0, 0.1) is 0 Å². The molecule has 0 saturated carbocycles. The first kappa shape index (κ1) is 63.9. The van der Waals surface area contributed by atoms with Gasteiger partial charge in [-0.3, -0.25) is 10.0 Å². The molecule has 0 aromatic carbocycles. The van der Waals surface area contributed by atoms with E-state index in [1.807, 2.05) is 0 Å². The second kappa shape index (κ2) is 27.6. The van der Waals surface area contributed by atoms with Crippen LogP contribution in [0.1, 0.15) is 43.2 Å². The number of aromatic nitrogens is 3. The van der Waals surface area contributed by atoms with E-state index in [9.17, 15) is 91.6 Å². The van der Waals surface area contributed by atoms with Gasteiger partial charge in [0.15, 0.2) is 37.7 Å². The fourth-order valence-corrected chi connectivity index (χ4v) is 11.4. The minimum Gasteiger partial charge on any atom is -0.394 e. The maximum Gasteiger partial charge on any atom is 0.269 e. The van der Waals surface area contributed by atoms with Crippen molar-refractivity contribution in [3.05, 3.63) is 11.4 Å². The van der Waals surface area contributed by atoms with Crippen LogP contribution < -0.4 is 5.48 Å². The molecular formula is C46H74N4O32. The number of hydrogen-bond acceptors (Lipinski definition) is 34. The van der Waals surface area contributed by atoms with Gasteiger partial charge in [0, 0.05) is 0 Å². The first-order valence-electron chi connectivity index (χ1n) is 26.8. The number of aliphatic hydroxyl groups excluding tert-OH is 17. The van der Waals surface area contributed by atoms with Crippen LogP contribution in [0.15, 0.2) is 0 Å². The van der Waals surface area contributed by atoms with Gasteiger partial charge in [0.25, 0.3) is 5.91 Å². The maximum absolute atomic E-state index is 12.0. The van der Waals surface area contributed by atoms with E-state index in [4.69, 9.17) is 66.8 Å². The van der Waals surface area contributed by atoms with Gasteiger partial charge in [0.1, 0.15) is 165 Å². The molecule has 12 bridgehead atoms. The minimum atomic E-state index is -2.21. The quantitative estimate of drug-likeness (QED) is 0.0764. The number of nitrogens with zero attached hydrogens (tertiary/aromatic N) is 3. The summed E-state index contributed by atoms with van der Waals surface area (Å²) in [7, 11) is 0. The summed E-state index contributed by atoms with van der Waals surface area (Å²) in [5.74, 6) is -0.849. The van der Waals surface area contributed by atoms with Gasteiger partial charge in [0.05, 0.1) is 45.3 Å². The molecule has 82 heavy (non-hydrogen) atoms. The zero-order valence-corrected chi connectivity index (χ0v) is 43.5. The van der Waals surface area contributed by atoms with Crippen LogP contribution in [0.5, 0.6) is 0 Å². The van der Waals surface area contributed by atoms with Crippen molar-refractivity contribution in [1.29, 1.82) is 0 Å². The number of aliphatic hydroxyl groups is 17. The molecule has 1 amide bonds. The highest BCUT2D eigenvalue weighted by Gasteiger charge is 2.59. The number of carbonyl (C=O) groups excluding carboxylic acids is 1. The standard InChI is InChI=1S/C46H74N4O32/c51-7-16-36-25(59)31(65)43(73-16)80-38-18(9-53)75-45(33(67)27(38)61)82-40-20(11-55)76-46(34(68)28(40)62)81-39-19(10-54)74-44(32(66)26(39)60)79-37-17(8-52)72-42(30(64)24(37)58)77-35-15(71-41(78-36)29(63)23(35)57)6-50-13-4-2-1-3-5-14(22(13)47-49-50)70-12-21(56)48-69/h14-20,23-46,51-55,57-69H,1-12H2,(H,48,56)/t14?,15?,16?,17?,18?,19?,20?,23?,24?,25-,26?,27?,28?,29?,30?,31?,32?,33?,34?,35?,36?,37?,38?,39?,40?,41?,42?,43?,44?,45?,46?/m1/s1. The van der Waals surface area contributed by atoms with Crippen LogP contribution in [0.2, 0.25) is 0 Å². The minimum absolute atomic E-state index is 0.287. The zero-order valence-electron chi connectivity index (χ0n) is 43.5. The summed E-state index contributed by atoms with van der Waals surface area (Å²) in [5.41, 5.74) is 2.21. The van der Waals surface area contributed by atoms with E-state index in [0.717, 1.165) is 0 Å². The number of nitrogens with one attached hydrogen (secondary N) is 1. The van der Waals surface area contributed by atoms with Gasteiger partial charge >= 0.3 is 0 Å². The second-order valence-corrected chi connectivity index (χ2v) is 21.2. The summed E-state index contributed by atoms with van der Waals surface area (Å²) in [6, 6.07) is 0. The van der Waals surface area contributed by atoms with Gasteiger partial charge < -0.3 is 148 Å². The number of carbonyl (C=O) groups is 1. The zero-order chi connectivity index (χ0) is 59.0. The average molecular weight is 1200 g/mol. The molecule has 1 aromatic heterocycles. The Morgan fingerprint density at radius 3 is 1.05 bits per heavy atom. The maximum atomic E-state index is 12.0. The lowest BCUT2D eigenvalue weighted by molar-refractivity contribution is -0.403. The fourth-order valence-electron chi connectivity index (χ4n) is 11.4. The van der Waals surface area contributed by atoms with Crippen LogP contribution in [0.3, 0.4) is 0 Å². The Morgan fingerprint density at radius 1 is 0.439 bits per heavy atom. The van der Waals surface area contributed by atoms with Crippen LogP contribution in [-0.2, 0) is 79.3 Å². The molecule has 22 aliphatic heterocycles. The topological polar surface area (TPSA) is 544 Å². The largest absolute Gasteiger partial charge is 0.394 e. The number of ether oxygens (including phenoxy) is 13. The van der Waals surface area contributed by atoms with Crippen LogP contribution in [0.25, 0.3) is 0 Å². The van der Waals surface area contributed by atoms with Crippen molar-refractivity contribution >= 4 is 5.91 Å². The van der Waals surface area contributed by atoms with Crippen molar-refractivity contribution in [1.82, 2.24) is 20.5 Å². The molecule has 1 aliphatic carbocycles. The van der Waals surface area contributed by atoms with Crippen molar-refractivity contribution in [3.63, 3.8) is 0 Å². The average Bonchev–Trinajstić information content (AvgIpc) is 3.53. The molecule has 470 valence electrons. The van der Waals surface area contributed by atoms with E-state index >= 15 is 0 Å². The highest BCUT2D eigenvalue weighted by Crippen LogP contribution is 2.39. The summed E-state index contributed by atoms with van der Waals surface area (Å²) in [6.45, 7) is -6.15. The fraction of sp³-hybridized carbons (Fsp3) is 0.935. The smallest absolute Gasteiger partial charge is 0.269 e. The summed E-state index contributed by atoms with van der Waals surface area (Å²) in [4.78, 5) is 12.0. The Morgan fingerprint density at radius 2 is 0.744 bits per heavy atom. The molecule has 0 radical (unpaired) electrons. The first-order chi connectivity index (χ1) is 39.3. The molecule has 0 spiro atoms. The first-order valence-corrected chi connectivity index (χ1v) is 26.8. The van der Waals surface area contributed by atoms with E-state index in [2.05, 4.69) is 10.3 Å². The molecule has 24 rings (SSSR count). The Balaban J connectivity index is 1.05. The number of hydroxylamine groups is 1. The highest BCUT2D eigenvalue weighted by molar-refractivity contribution is 5.75. The number of amides is 1. The van der Waals surface area contributed by atoms with Gasteiger partial charge in [-0.25, -0.2) is 10.2 Å². The lowest BCUT2D eigenvalue weighted by Crippen LogP contribution is -2.69. The van der Waals surface area contributed by atoms with Gasteiger partial charge in [-0.15, -0.1) is 5.10 Å². The highest BCUT2D eigenvalue weighted by atomic mass is 16.8. The van der Waals surface area contributed by atoms with E-state index in [0.29, 0.717) is 37.8 Å². The number of hydrogen-bond donors (Lipinski definition) is 19. The predicted octanol–water partition coefficient (Wildman–Crippen LogP) is -12.1. The lowest BCUT2D eigenvalue weighted by Gasteiger charge is -2.50. The van der Waals surface area contributed by atoms with E-state index in [1.165, 1.54) is 10.2 Å². The third kappa shape index (κ3) is 12.9. The Labute approximate surface area is 464 Å². The lowest BCUT2D eigenvalue weighted by atomic mass is 9.94. The van der Waals surface area contributed by atoms with Crippen LogP contribution in [-0.4, -0.2) is 337 Å². The third-order valence-electron chi connectivity index (χ3n) is 15.9. The van der Waals surface area contributed by atoms with Crippen molar-refractivity contribution < 1.29 is 158 Å². The van der Waals surface area contributed by atoms with Gasteiger partial charge in [-0.1, -0.05) is 18.1 Å². The summed E-state index contributed by atoms with van der Waals surface area (Å²) in [6.07, 6.45) is -57.8. The molecule has 19 N–H and O–H groups in total. The SMILES string of the molecule is O=C(COC1CCCCCc2c1nnn2CC1OC2OC3C(CO)OC(OC4C(CO)OC(OC5C(CO)OC(OC6C(CO)OC(OC7C(CO)OC(OC1C(O)C2O)C(O)C7O)C(O)C6O)C(O)C5O)C(O)C4O)C(O)[C@H]3O)NO. The molecule has 22 saturated heterocycles. The van der Waals surface area contributed by atoms with Crippen LogP contribution in [0.4, 0.5) is 0 Å². The van der Waals surface area contributed by atoms with E-state index < -0.39 is 242 Å². The Bertz CT molecular complexity index is 2180. The molecule has 31 atom stereocenters. The summed E-state index contributed by atoms with van der Waals surface area (Å²) < 4.78 is 77.5. The molecular weight excluding hydrogens is 1120 g/mol. The van der Waals surface area contributed by atoms with Gasteiger partial charge in [0.2, 0.25) is 0 Å². The van der Waals surface area contributed by atoms with Crippen molar-refractivity contribution in [2.45, 2.75) is 229 Å². The predicted molar refractivity (Wildman–Crippen MR) is 250 cm³/mol. The van der Waals surface area contributed by atoms with Crippen molar-refractivity contribution in [2.24, 2.45) is 0 Å². The molecule has 23 heterocycles. The molecule has 22 fully saturated rings. The normalized spacial score (nSPS) is 48.8. The third-order valence-corrected chi connectivity index (χ3v) is 15.9. The monoisotopic (exact) mass is 1190 g/mol. The summed E-state index contributed by atoms with van der Waals surface area (Å²) in [5, 5.41) is 209. The van der Waals surface area contributed by atoms with Crippen molar-refractivity contribution in [2.75, 3.05) is 39.6 Å². The summed E-state index contributed by atoms with van der Waals surface area (Å²) >= 11 is 0. The van der Waals surface area contributed by atoms with E-state index in [-0.39, 0.29) is 5.69 Å². The second-order valence-electron chi connectivity index (χ2n) is 21.2. The van der Waals surface area contributed by atoms with Gasteiger partial charge in [-0.05, 0) is 19.3 Å². The van der Waals surface area contributed by atoms with Gasteiger partial charge in [-0.2, -0.15) is 0 Å². The molecule has 30 unspecified atom stereocenters. The molecule has 36 nitrogen and oxygen atoms in total.